The number of benzene rings is 2. The van der Waals surface area contributed by atoms with Gasteiger partial charge in [0.2, 0.25) is 5.89 Å². The molecule has 0 saturated carbocycles. The second-order valence-electron chi connectivity index (χ2n) is 7.66. The number of aromatic hydroxyl groups is 1. The highest BCUT2D eigenvalue weighted by molar-refractivity contribution is 7.17. The van der Waals surface area contributed by atoms with Gasteiger partial charge in [0, 0.05) is 22.2 Å². The summed E-state index contributed by atoms with van der Waals surface area (Å²) in [5.41, 5.74) is 5.54. The van der Waals surface area contributed by atoms with E-state index in [4.69, 9.17) is 10.2 Å². The molecule has 7 nitrogen and oxygen atoms in total. The fourth-order valence-electron chi connectivity index (χ4n) is 3.76. The Morgan fingerprint density at radius 1 is 1.09 bits per heavy atom. The zero-order chi connectivity index (χ0) is 24.7. The molecule has 5 rings (SSSR count). The van der Waals surface area contributed by atoms with Gasteiger partial charge in [-0.3, -0.25) is 4.79 Å². The van der Waals surface area contributed by atoms with E-state index >= 15 is 0 Å². The van der Waals surface area contributed by atoms with Crippen molar-refractivity contribution in [2.24, 2.45) is 5.73 Å². The average Bonchev–Trinajstić information content (AvgIpc) is 3.46. The van der Waals surface area contributed by atoms with Gasteiger partial charge in [-0.15, -0.1) is 11.3 Å². The number of hydrogen-bond acceptors (Lipinski definition) is 7. The molecule has 4 N–H and O–H groups in total. The molecule has 0 fully saturated rings. The van der Waals surface area contributed by atoms with Gasteiger partial charge in [-0.25, -0.2) is 9.97 Å². The van der Waals surface area contributed by atoms with E-state index in [0.29, 0.717) is 0 Å². The van der Waals surface area contributed by atoms with Crippen molar-refractivity contribution in [3.63, 3.8) is 0 Å². The number of nitrogens with two attached hydrogens (primary N) is 1. The average molecular weight is 498 g/mol. The van der Waals surface area contributed by atoms with Crippen LogP contribution in [-0.2, 0) is 19.3 Å². The number of nitrogens with zero attached hydrogens (tertiary/aromatic N) is 2. The molecule has 0 saturated heterocycles. The number of fused-ring (bicyclic) bond motifs is 2. The highest BCUT2D eigenvalue weighted by Gasteiger charge is 2.33. The van der Waals surface area contributed by atoms with Crippen molar-refractivity contribution in [1.82, 2.24) is 15.3 Å². The van der Waals surface area contributed by atoms with Crippen LogP contribution < -0.4 is 11.1 Å². The third kappa shape index (κ3) is 4.19. The number of phenolic OH excluding ortho intramolecular Hbond substituents is 1. The Morgan fingerprint density at radius 3 is 2.66 bits per heavy atom. The molecule has 5 aromatic rings. The minimum Gasteiger partial charge on any atom is -0.506 e. The lowest BCUT2D eigenvalue weighted by molar-refractivity contribution is -0.140. The zero-order valence-corrected chi connectivity index (χ0v) is 18.7. The van der Waals surface area contributed by atoms with E-state index in [1.54, 1.807) is 11.3 Å². The number of oxazole rings is 1. The lowest BCUT2D eigenvalue weighted by Gasteiger charge is -2.09. The predicted octanol–water partition coefficient (Wildman–Crippen LogP) is 5.22. The summed E-state index contributed by atoms with van der Waals surface area (Å²) in [4.78, 5) is 20.7. The van der Waals surface area contributed by atoms with E-state index in [1.165, 1.54) is 18.2 Å². The van der Waals surface area contributed by atoms with Gasteiger partial charge < -0.3 is 20.6 Å². The molecule has 0 unspecified atom stereocenters. The number of carbonyl (C=O) groups is 1. The van der Waals surface area contributed by atoms with Crippen LogP contribution in [0.15, 0.2) is 58.3 Å². The molecule has 0 spiro atoms. The van der Waals surface area contributed by atoms with Gasteiger partial charge in [0.05, 0.1) is 6.54 Å². The fraction of sp³-hybridized carbons (Fsp3) is 0.125. The van der Waals surface area contributed by atoms with Gasteiger partial charge >= 0.3 is 6.18 Å². The summed E-state index contributed by atoms with van der Waals surface area (Å²) < 4.78 is 46.1. The van der Waals surface area contributed by atoms with E-state index in [9.17, 15) is 23.1 Å². The molecule has 2 aromatic carbocycles. The van der Waals surface area contributed by atoms with Crippen LogP contribution in [0.5, 0.6) is 5.75 Å². The van der Waals surface area contributed by atoms with Crippen molar-refractivity contribution in [3.05, 3.63) is 76.6 Å². The topological polar surface area (TPSA) is 114 Å². The van der Waals surface area contributed by atoms with E-state index < -0.39 is 23.5 Å². The van der Waals surface area contributed by atoms with Gasteiger partial charge in [-0.1, -0.05) is 18.2 Å². The van der Waals surface area contributed by atoms with Crippen molar-refractivity contribution in [2.75, 3.05) is 0 Å². The monoisotopic (exact) mass is 498 g/mol. The first-order chi connectivity index (χ1) is 16.8. The quantitative estimate of drug-likeness (QED) is 0.306. The summed E-state index contributed by atoms with van der Waals surface area (Å²) in [5, 5.41) is 16.1. The maximum absolute atomic E-state index is 13.1. The van der Waals surface area contributed by atoms with Crippen LogP contribution in [0.2, 0.25) is 0 Å². The van der Waals surface area contributed by atoms with Gasteiger partial charge in [0.25, 0.3) is 5.91 Å². The van der Waals surface area contributed by atoms with Crippen molar-refractivity contribution >= 4 is 38.2 Å². The molecule has 0 aliphatic rings. The second kappa shape index (κ2) is 8.67. The molecule has 1 amide bonds. The molecule has 11 heteroatoms. The Kier molecular flexibility index (Phi) is 5.65. The number of pyridine rings is 1. The molecule has 35 heavy (non-hydrogen) atoms. The summed E-state index contributed by atoms with van der Waals surface area (Å²) in [6.45, 7) is 0.144. The van der Waals surface area contributed by atoms with Gasteiger partial charge in [0.15, 0.2) is 11.5 Å². The third-order valence-corrected chi connectivity index (χ3v) is 6.47. The smallest absolute Gasteiger partial charge is 0.433 e. The molecule has 0 atom stereocenters. The number of carbonyl (C=O) groups excluding carboxylic acids is 1. The lowest BCUT2D eigenvalue weighted by atomic mass is 10.1. The third-order valence-electron chi connectivity index (χ3n) is 5.46. The molecule has 3 aromatic heterocycles. The number of rotatable bonds is 5. The van der Waals surface area contributed by atoms with E-state index in [0.717, 1.165) is 21.7 Å². The highest BCUT2D eigenvalue weighted by Crippen LogP contribution is 2.36. The fourth-order valence-corrected chi connectivity index (χ4v) is 4.72. The van der Waals surface area contributed by atoms with Crippen molar-refractivity contribution in [2.45, 2.75) is 19.3 Å². The molecule has 3 heterocycles. The van der Waals surface area contributed by atoms with Crippen LogP contribution in [-0.4, -0.2) is 21.0 Å². The standard InChI is InChI=1S/C24H17F3N4O3S/c25-24(26,27)19-8-6-14-15(5-7-16(32)20(14)30-19)23-31-21(17(9-28)34-23)22(33)29-10-12-11-35-18-4-2-1-3-13(12)18/h1-8,11,32H,9-10,28H2,(H,29,33). The normalized spacial score (nSPS) is 11.9. The first-order valence-corrected chi connectivity index (χ1v) is 11.3. The Bertz CT molecular complexity index is 1580. The minimum absolute atomic E-state index is 0.0249. The Labute approximate surface area is 200 Å². The van der Waals surface area contributed by atoms with Crippen LogP contribution in [0.4, 0.5) is 13.2 Å². The molecular weight excluding hydrogens is 481 g/mol. The number of amides is 1. The summed E-state index contributed by atoms with van der Waals surface area (Å²) in [7, 11) is 0. The van der Waals surface area contributed by atoms with Gasteiger partial charge in [0.1, 0.15) is 17.0 Å². The summed E-state index contributed by atoms with van der Waals surface area (Å²) in [5.74, 6) is -0.838. The molecule has 178 valence electrons. The molecule has 0 radical (unpaired) electrons. The predicted molar refractivity (Wildman–Crippen MR) is 125 cm³/mol. The molecular formula is C24H17F3N4O3S. The number of aromatic nitrogens is 2. The molecule has 0 aliphatic carbocycles. The lowest BCUT2D eigenvalue weighted by Crippen LogP contribution is -2.24. The van der Waals surface area contributed by atoms with Gasteiger partial charge in [-0.2, -0.15) is 13.2 Å². The van der Waals surface area contributed by atoms with Crippen LogP contribution in [0.3, 0.4) is 0 Å². The second-order valence-corrected chi connectivity index (χ2v) is 8.57. The number of halogens is 3. The first-order valence-electron chi connectivity index (χ1n) is 10.4. The van der Waals surface area contributed by atoms with Crippen LogP contribution >= 0.6 is 11.3 Å². The summed E-state index contributed by atoms with van der Waals surface area (Å²) >= 11 is 1.57. The Balaban J connectivity index is 1.47. The maximum Gasteiger partial charge on any atom is 0.433 e. The number of phenols is 1. The molecule has 0 aliphatic heterocycles. The maximum atomic E-state index is 13.1. The van der Waals surface area contributed by atoms with Crippen LogP contribution in [0, 0.1) is 0 Å². The van der Waals surface area contributed by atoms with E-state index in [2.05, 4.69) is 15.3 Å². The number of thiophene rings is 1. The van der Waals surface area contributed by atoms with Crippen molar-refractivity contribution in [1.29, 1.82) is 0 Å². The summed E-state index contributed by atoms with van der Waals surface area (Å²) in [6.07, 6.45) is -4.68. The Hall–Kier alpha value is -3.96. The number of hydrogen-bond donors (Lipinski definition) is 3. The van der Waals surface area contributed by atoms with Crippen molar-refractivity contribution in [3.8, 4) is 17.2 Å². The highest BCUT2D eigenvalue weighted by atomic mass is 32.1. The first kappa shape index (κ1) is 22.8. The van der Waals surface area contributed by atoms with Crippen LogP contribution in [0.25, 0.3) is 32.4 Å². The van der Waals surface area contributed by atoms with Gasteiger partial charge in [-0.05, 0) is 46.7 Å². The van der Waals surface area contributed by atoms with E-state index in [1.807, 2.05) is 29.6 Å². The van der Waals surface area contributed by atoms with E-state index in [-0.39, 0.29) is 46.9 Å². The van der Waals surface area contributed by atoms with Crippen LogP contribution in [0.1, 0.15) is 27.5 Å². The zero-order valence-electron chi connectivity index (χ0n) is 17.9. The number of nitrogens with one attached hydrogen (secondary N) is 1. The minimum atomic E-state index is -4.68. The summed E-state index contributed by atoms with van der Waals surface area (Å²) in [6, 6.07) is 12.4. The largest absolute Gasteiger partial charge is 0.506 e. The Morgan fingerprint density at radius 2 is 1.89 bits per heavy atom. The number of alkyl halides is 3. The SMILES string of the molecule is NCc1oc(-c2ccc(O)c3nc(C(F)(F)F)ccc23)nc1C(=O)NCc1csc2ccccc12. The molecule has 0 bridgehead atoms. The van der Waals surface area contributed by atoms with Crippen molar-refractivity contribution < 1.29 is 27.5 Å².